The van der Waals surface area contributed by atoms with Gasteiger partial charge in [0.2, 0.25) is 5.89 Å². The average Bonchev–Trinajstić information content (AvgIpc) is 3.42. The molecule has 9 heteroatoms. The summed E-state index contributed by atoms with van der Waals surface area (Å²) in [6, 6.07) is 7.30. The van der Waals surface area contributed by atoms with Gasteiger partial charge in [-0.25, -0.2) is 9.97 Å². The maximum absolute atomic E-state index is 12.8. The highest BCUT2D eigenvalue weighted by atomic mass is 32.2. The number of rotatable bonds is 6. The van der Waals surface area contributed by atoms with Gasteiger partial charge in [-0.3, -0.25) is 4.79 Å². The summed E-state index contributed by atoms with van der Waals surface area (Å²) in [6.07, 6.45) is 5.67. The Morgan fingerprint density at radius 2 is 2.06 bits per heavy atom. The molecule has 3 aromatic rings. The van der Waals surface area contributed by atoms with E-state index < -0.39 is 0 Å². The van der Waals surface area contributed by atoms with Crippen molar-refractivity contribution >= 4 is 39.8 Å². The van der Waals surface area contributed by atoms with Crippen molar-refractivity contribution < 1.29 is 9.21 Å². The van der Waals surface area contributed by atoms with Gasteiger partial charge in [0.1, 0.15) is 5.76 Å². The maximum atomic E-state index is 12.8. The van der Waals surface area contributed by atoms with Crippen LogP contribution in [0.3, 0.4) is 0 Å². The quantitative estimate of drug-likeness (QED) is 0.385. The SMILES string of the molecule is CC(C)(C)c1cnc(CSc2cnc(N[C@@H]3CCCN(C(=O)c4ccc(N)cc4)C3)s2)o1. The zero-order valence-electron chi connectivity index (χ0n) is 18.6. The van der Waals surface area contributed by atoms with Crippen molar-refractivity contribution in [1.29, 1.82) is 0 Å². The molecule has 3 heterocycles. The molecule has 0 aliphatic carbocycles. The van der Waals surface area contributed by atoms with E-state index in [9.17, 15) is 4.79 Å². The van der Waals surface area contributed by atoms with Crippen LogP contribution in [0.2, 0.25) is 0 Å². The number of aromatic nitrogens is 2. The number of carbonyl (C=O) groups excluding carboxylic acids is 1. The maximum Gasteiger partial charge on any atom is 0.253 e. The minimum atomic E-state index is -0.0410. The van der Waals surface area contributed by atoms with E-state index in [1.165, 1.54) is 0 Å². The number of nitrogens with zero attached hydrogens (tertiary/aromatic N) is 3. The molecule has 4 rings (SSSR count). The number of nitrogen functional groups attached to an aromatic ring is 1. The fourth-order valence-electron chi connectivity index (χ4n) is 3.51. The second kappa shape index (κ2) is 9.54. The van der Waals surface area contributed by atoms with Crippen molar-refractivity contribution in [3.05, 3.63) is 53.9 Å². The molecule has 1 fully saturated rings. The standard InChI is InChI=1S/C23H29N5O2S2/c1-23(2,3)18-11-25-19(30-18)14-31-20-12-26-22(32-20)27-17-5-4-10-28(13-17)21(29)15-6-8-16(24)9-7-15/h6-9,11-12,17H,4-5,10,13-14,24H2,1-3H3,(H,26,27)/t17-/m1/s1. The number of thioether (sulfide) groups is 1. The number of nitrogens with two attached hydrogens (primary N) is 1. The second-order valence-electron chi connectivity index (χ2n) is 9.00. The van der Waals surface area contributed by atoms with Crippen LogP contribution in [-0.4, -0.2) is 39.9 Å². The Morgan fingerprint density at radius 1 is 1.28 bits per heavy atom. The first-order valence-corrected chi connectivity index (χ1v) is 12.5. The topological polar surface area (TPSA) is 97.3 Å². The molecule has 170 valence electrons. The largest absolute Gasteiger partial charge is 0.444 e. The normalized spacial score (nSPS) is 16.8. The molecule has 32 heavy (non-hydrogen) atoms. The molecule has 1 amide bonds. The van der Waals surface area contributed by atoms with Crippen LogP contribution in [0.15, 0.2) is 45.3 Å². The first-order chi connectivity index (χ1) is 15.3. The minimum absolute atomic E-state index is 0.0410. The first kappa shape index (κ1) is 22.7. The van der Waals surface area contributed by atoms with Crippen LogP contribution >= 0.6 is 23.1 Å². The Hall–Kier alpha value is -2.52. The fraction of sp³-hybridized carbons (Fsp3) is 0.435. The summed E-state index contributed by atoms with van der Waals surface area (Å²) < 4.78 is 6.97. The highest BCUT2D eigenvalue weighted by Crippen LogP contribution is 2.32. The number of hydrogen-bond donors (Lipinski definition) is 2. The second-order valence-corrected chi connectivity index (χ2v) is 11.3. The molecule has 1 aliphatic rings. The van der Waals surface area contributed by atoms with Crippen LogP contribution in [0, 0.1) is 0 Å². The molecular formula is C23H29N5O2S2. The molecular weight excluding hydrogens is 442 g/mol. The third-order valence-electron chi connectivity index (χ3n) is 5.31. The van der Waals surface area contributed by atoms with Gasteiger partial charge in [-0.2, -0.15) is 0 Å². The lowest BCUT2D eigenvalue weighted by molar-refractivity contribution is 0.0715. The van der Waals surface area contributed by atoms with Crippen LogP contribution in [0.25, 0.3) is 0 Å². The van der Waals surface area contributed by atoms with Crippen LogP contribution in [0.1, 0.15) is 55.6 Å². The Balaban J connectivity index is 1.30. The van der Waals surface area contributed by atoms with Crippen molar-refractivity contribution in [3.8, 4) is 0 Å². The average molecular weight is 472 g/mol. The van der Waals surface area contributed by atoms with Crippen molar-refractivity contribution in [2.45, 2.75) is 55.0 Å². The molecule has 0 bridgehead atoms. The van der Waals surface area contributed by atoms with E-state index >= 15 is 0 Å². The summed E-state index contributed by atoms with van der Waals surface area (Å²) in [5, 5.41) is 4.39. The van der Waals surface area contributed by atoms with E-state index in [0.717, 1.165) is 40.4 Å². The van der Waals surface area contributed by atoms with Gasteiger partial charge in [0.25, 0.3) is 5.91 Å². The van der Waals surface area contributed by atoms with Crippen molar-refractivity contribution in [3.63, 3.8) is 0 Å². The molecule has 3 N–H and O–H groups in total. The van der Waals surface area contributed by atoms with E-state index in [0.29, 0.717) is 23.5 Å². The van der Waals surface area contributed by atoms with Crippen LogP contribution < -0.4 is 11.1 Å². The van der Waals surface area contributed by atoms with Gasteiger partial charge >= 0.3 is 0 Å². The molecule has 1 aromatic carbocycles. The third kappa shape index (κ3) is 5.63. The summed E-state index contributed by atoms with van der Waals surface area (Å²) in [4.78, 5) is 23.6. The van der Waals surface area contributed by atoms with E-state index in [1.54, 1.807) is 47.4 Å². The van der Waals surface area contributed by atoms with Gasteiger partial charge in [0, 0.05) is 35.8 Å². The summed E-state index contributed by atoms with van der Waals surface area (Å²) in [7, 11) is 0. The van der Waals surface area contributed by atoms with E-state index in [1.807, 2.05) is 17.3 Å². The summed E-state index contributed by atoms with van der Waals surface area (Å²) in [5.74, 6) is 2.35. The smallest absolute Gasteiger partial charge is 0.253 e. The van der Waals surface area contributed by atoms with Gasteiger partial charge in [-0.15, -0.1) is 11.8 Å². The zero-order chi connectivity index (χ0) is 22.7. The fourth-order valence-corrected chi connectivity index (χ4v) is 5.31. The van der Waals surface area contributed by atoms with Crippen molar-refractivity contribution in [2.75, 3.05) is 24.1 Å². The molecule has 7 nitrogen and oxygen atoms in total. The number of anilines is 2. The number of carbonyl (C=O) groups is 1. The lowest BCUT2D eigenvalue weighted by Gasteiger charge is -2.33. The van der Waals surface area contributed by atoms with E-state index in [2.05, 4.69) is 36.1 Å². The number of amides is 1. The lowest BCUT2D eigenvalue weighted by atomic mass is 9.94. The highest BCUT2D eigenvalue weighted by molar-refractivity contribution is 8.00. The molecule has 0 saturated carbocycles. The van der Waals surface area contributed by atoms with Gasteiger partial charge in [0.05, 0.1) is 22.4 Å². The number of likely N-dealkylation sites (tertiary alicyclic amines) is 1. The summed E-state index contributed by atoms with van der Waals surface area (Å²) >= 11 is 3.29. The molecule has 1 aliphatic heterocycles. The summed E-state index contributed by atoms with van der Waals surface area (Å²) in [6.45, 7) is 7.77. The number of oxazole rings is 1. The van der Waals surface area contributed by atoms with Crippen LogP contribution in [0.5, 0.6) is 0 Å². The third-order valence-corrected chi connectivity index (χ3v) is 7.42. The predicted molar refractivity (Wildman–Crippen MR) is 130 cm³/mol. The van der Waals surface area contributed by atoms with Gasteiger partial charge < -0.3 is 20.4 Å². The minimum Gasteiger partial charge on any atom is -0.444 e. The summed E-state index contributed by atoms with van der Waals surface area (Å²) in [5.41, 5.74) is 7.03. The van der Waals surface area contributed by atoms with Gasteiger partial charge in [-0.1, -0.05) is 32.1 Å². The lowest BCUT2D eigenvalue weighted by Crippen LogP contribution is -2.45. The van der Waals surface area contributed by atoms with E-state index in [-0.39, 0.29) is 17.4 Å². The molecule has 0 spiro atoms. The molecule has 2 aromatic heterocycles. The number of thiazole rings is 1. The van der Waals surface area contributed by atoms with E-state index in [4.69, 9.17) is 10.2 Å². The number of nitrogens with one attached hydrogen (secondary N) is 1. The Bertz CT molecular complexity index is 1060. The van der Waals surface area contributed by atoms with Crippen molar-refractivity contribution in [1.82, 2.24) is 14.9 Å². The molecule has 1 atom stereocenters. The van der Waals surface area contributed by atoms with Gasteiger partial charge in [0.15, 0.2) is 5.13 Å². The molecule has 1 saturated heterocycles. The van der Waals surface area contributed by atoms with Crippen LogP contribution in [0.4, 0.5) is 10.8 Å². The van der Waals surface area contributed by atoms with Gasteiger partial charge in [-0.05, 0) is 37.1 Å². The van der Waals surface area contributed by atoms with Crippen molar-refractivity contribution in [2.24, 2.45) is 0 Å². The Labute approximate surface area is 196 Å². The monoisotopic (exact) mass is 471 g/mol. The number of benzene rings is 1. The molecule has 0 unspecified atom stereocenters. The Kier molecular flexibility index (Phi) is 6.76. The predicted octanol–water partition coefficient (Wildman–Crippen LogP) is 5.02. The zero-order valence-corrected chi connectivity index (χ0v) is 20.3. The number of hydrogen-bond acceptors (Lipinski definition) is 8. The number of piperidine rings is 1. The van der Waals surface area contributed by atoms with Crippen LogP contribution in [-0.2, 0) is 11.2 Å². The highest BCUT2D eigenvalue weighted by Gasteiger charge is 2.25. The first-order valence-electron chi connectivity index (χ1n) is 10.7. The molecule has 0 radical (unpaired) electrons. The Morgan fingerprint density at radius 3 is 2.78 bits per heavy atom.